The Hall–Kier alpha value is -3.29. The molecular formula is C25H24ClNO5S. The third-order valence-corrected chi connectivity index (χ3v) is 6.68. The van der Waals surface area contributed by atoms with E-state index < -0.39 is 16.0 Å². The van der Waals surface area contributed by atoms with Crippen LogP contribution in [0.2, 0.25) is 5.02 Å². The molecule has 0 bridgehead atoms. The summed E-state index contributed by atoms with van der Waals surface area (Å²) in [6.07, 6.45) is 4.10. The van der Waals surface area contributed by atoms with Crippen LogP contribution in [0, 0.1) is 0 Å². The molecule has 0 saturated carbocycles. The summed E-state index contributed by atoms with van der Waals surface area (Å²) < 4.78 is 39.5. The number of hydrogen-bond acceptors (Lipinski definition) is 5. The molecule has 3 aromatic carbocycles. The second-order valence-electron chi connectivity index (χ2n) is 7.05. The number of esters is 1. The van der Waals surface area contributed by atoms with Gasteiger partial charge in [-0.25, -0.2) is 13.2 Å². The fourth-order valence-electron chi connectivity index (χ4n) is 3.35. The number of aryl methyl sites for hydroxylation is 1. The van der Waals surface area contributed by atoms with Gasteiger partial charge in [-0.15, -0.1) is 0 Å². The second-order valence-corrected chi connectivity index (χ2v) is 9.14. The summed E-state index contributed by atoms with van der Waals surface area (Å²) in [5.41, 5.74) is 2.21. The van der Waals surface area contributed by atoms with E-state index in [0.29, 0.717) is 17.0 Å². The lowest BCUT2D eigenvalue weighted by Crippen LogP contribution is -2.18. The average molecular weight is 486 g/mol. The Bertz CT molecular complexity index is 1280. The predicted molar refractivity (Wildman–Crippen MR) is 131 cm³/mol. The lowest BCUT2D eigenvalue weighted by molar-refractivity contribution is 0.0598. The summed E-state index contributed by atoms with van der Waals surface area (Å²) in [4.78, 5) is 12.6. The van der Waals surface area contributed by atoms with Gasteiger partial charge in [0.2, 0.25) is 0 Å². The summed E-state index contributed by atoms with van der Waals surface area (Å²) in [6.45, 7) is 1.91. The summed E-state index contributed by atoms with van der Waals surface area (Å²) in [7, 11) is -1.39. The number of methoxy groups -OCH3 is 2. The normalized spacial score (nSPS) is 11.4. The highest BCUT2D eigenvalue weighted by molar-refractivity contribution is 7.92. The quantitative estimate of drug-likeness (QED) is 0.328. The largest absolute Gasteiger partial charge is 0.495 e. The van der Waals surface area contributed by atoms with Gasteiger partial charge in [-0.05, 0) is 47.4 Å². The minimum absolute atomic E-state index is 0.0251. The third-order valence-electron chi connectivity index (χ3n) is 4.99. The number of sulfonamides is 1. The van der Waals surface area contributed by atoms with Crippen molar-refractivity contribution in [3.8, 4) is 5.75 Å². The topological polar surface area (TPSA) is 81.7 Å². The highest BCUT2D eigenvalue weighted by Crippen LogP contribution is 2.33. The van der Waals surface area contributed by atoms with Crippen molar-refractivity contribution in [1.29, 1.82) is 0 Å². The lowest BCUT2D eigenvalue weighted by Gasteiger charge is -2.17. The zero-order valence-corrected chi connectivity index (χ0v) is 20.0. The van der Waals surface area contributed by atoms with E-state index in [0.717, 1.165) is 11.1 Å². The van der Waals surface area contributed by atoms with Gasteiger partial charge in [-0.3, -0.25) is 4.72 Å². The van der Waals surface area contributed by atoms with E-state index in [1.165, 1.54) is 26.4 Å². The molecule has 33 heavy (non-hydrogen) atoms. The molecule has 0 spiro atoms. The van der Waals surface area contributed by atoms with Crippen molar-refractivity contribution >= 4 is 45.4 Å². The van der Waals surface area contributed by atoms with E-state index in [2.05, 4.69) is 4.72 Å². The fraction of sp³-hybridized carbons (Fsp3) is 0.160. The standard InChI is InChI=1S/C25H24ClNO5S/c1-4-18-13-16-21(23(24(18)31-2)25(28)32-3)27-33(29,30)22-8-6-5-7-19(22)12-9-17-10-14-20(26)15-11-17/h5-16,27H,4H2,1-3H3. The Kier molecular flexibility index (Phi) is 7.79. The van der Waals surface area contributed by atoms with Crippen molar-refractivity contribution in [2.75, 3.05) is 18.9 Å². The van der Waals surface area contributed by atoms with Gasteiger partial charge in [0.1, 0.15) is 11.3 Å². The first-order chi connectivity index (χ1) is 15.8. The third kappa shape index (κ3) is 5.56. The fourth-order valence-corrected chi connectivity index (χ4v) is 4.75. The molecule has 0 radical (unpaired) electrons. The van der Waals surface area contributed by atoms with Crippen LogP contribution in [-0.4, -0.2) is 28.6 Å². The molecule has 3 rings (SSSR count). The Labute approximate surface area is 198 Å². The monoisotopic (exact) mass is 485 g/mol. The molecule has 8 heteroatoms. The molecule has 0 aliphatic heterocycles. The molecule has 0 aliphatic carbocycles. The van der Waals surface area contributed by atoms with Gasteiger partial charge in [0, 0.05) is 5.02 Å². The maximum atomic E-state index is 13.3. The van der Waals surface area contributed by atoms with Crippen LogP contribution in [0.15, 0.2) is 65.6 Å². The highest BCUT2D eigenvalue weighted by Gasteiger charge is 2.25. The average Bonchev–Trinajstić information content (AvgIpc) is 2.82. The van der Waals surface area contributed by atoms with Crippen molar-refractivity contribution in [1.82, 2.24) is 0 Å². The molecule has 172 valence electrons. The minimum Gasteiger partial charge on any atom is -0.495 e. The highest BCUT2D eigenvalue weighted by atomic mass is 35.5. The van der Waals surface area contributed by atoms with Gasteiger partial charge in [-0.1, -0.05) is 67.1 Å². The molecule has 0 fully saturated rings. The van der Waals surface area contributed by atoms with Crippen molar-refractivity contribution in [2.24, 2.45) is 0 Å². The SMILES string of the molecule is CCc1ccc(NS(=O)(=O)c2ccccc2C=Cc2ccc(Cl)cc2)c(C(=O)OC)c1OC. The van der Waals surface area contributed by atoms with Gasteiger partial charge in [0.15, 0.2) is 0 Å². The summed E-state index contributed by atoms with van der Waals surface area (Å²) >= 11 is 5.92. The smallest absolute Gasteiger partial charge is 0.343 e. The van der Waals surface area contributed by atoms with E-state index in [1.54, 1.807) is 48.6 Å². The molecule has 0 amide bonds. The van der Waals surface area contributed by atoms with Crippen molar-refractivity contribution in [3.05, 3.63) is 87.9 Å². The van der Waals surface area contributed by atoms with Gasteiger partial charge in [0.25, 0.3) is 10.0 Å². The Morgan fingerprint density at radius 1 is 1.00 bits per heavy atom. The lowest BCUT2D eigenvalue weighted by atomic mass is 10.0. The summed E-state index contributed by atoms with van der Waals surface area (Å²) in [5, 5.41) is 0.616. The molecule has 0 aliphatic rings. The van der Waals surface area contributed by atoms with Crippen LogP contribution >= 0.6 is 11.6 Å². The molecule has 3 aromatic rings. The van der Waals surface area contributed by atoms with Crippen molar-refractivity contribution in [2.45, 2.75) is 18.2 Å². The van der Waals surface area contributed by atoms with Gasteiger partial charge < -0.3 is 9.47 Å². The molecule has 0 atom stereocenters. The van der Waals surface area contributed by atoms with Crippen LogP contribution in [0.5, 0.6) is 5.75 Å². The number of halogens is 1. The number of carbonyl (C=O) groups excluding carboxylic acids is 1. The zero-order chi connectivity index (χ0) is 24.0. The first-order valence-corrected chi connectivity index (χ1v) is 12.0. The van der Waals surface area contributed by atoms with Crippen LogP contribution in [0.3, 0.4) is 0 Å². The molecule has 0 saturated heterocycles. The molecule has 0 heterocycles. The minimum atomic E-state index is -4.05. The number of carbonyl (C=O) groups is 1. The maximum Gasteiger partial charge on any atom is 0.343 e. The van der Waals surface area contributed by atoms with Gasteiger partial charge in [-0.2, -0.15) is 0 Å². The Balaban J connectivity index is 2.03. The molecule has 6 nitrogen and oxygen atoms in total. The predicted octanol–water partition coefficient (Wildman–Crippen LogP) is 5.67. The number of benzene rings is 3. The summed E-state index contributed by atoms with van der Waals surface area (Å²) in [5.74, 6) is -0.420. The van der Waals surface area contributed by atoms with Crippen LogP contribution in [-0.2, 0) is 21.2 Å². The van der Waals surface area contributed by atoms with E-state index in [-0.39, 0.29) is 21.9 Å². The van der Waals surface area contributed by atoms with Crippen LogP contribution in [0.25, 0.3) is 12.2 Å². The van der Waals surface area contributed by atoms with Crippen molar-refractivity contribution in [3.63, 3.8) is 0 Å². The van der Waals surface area contributed by atoms with Gasteiger partial charge >= 0.3 is 5.97 Å². The first-order valence-electron chi connectivity index (χ1n) is 10.1. The molecule has 0 unspecified atom stereocenters. The van der Waals surface area contributed by atoms with E-state index >= 15 is 0 Å². The maximum absolute atomic E-state index is 13.3. The first kappa shape index (κ1) is 24.4. The Morgan fingerprint density at radius 3 is 2.33 bits per heavy atom. The van der Waals surface area contributed by atoms with Crippen LogP contribution in [0.4, 0.5) is 5.69 Å². The number of ether oxygens (including phenoxy) is 2. The summed E-state index contributed by atoms with van der Waals surface area (Å²) in [6, 6.07) is 17.0. The number of rotatable bonds is 8. The molecule has 0 aromatic heterocycles. The number of hydrogen-bond donors (Lipinski definition) is 1. The molecule has 1 N–H and O–H groups in total. The van der Waals surface area contributed by atoms with E-state index in [4.69, 9.17) is 21.1 Å². The Morgan fingerprint density at radius 2 is 1.70 bits per heavy atom. The number of anilines is 1. The van der Waals surface area contributed by atoms with Crippen LogP contribution < -0.4 is 9.46 Å². The van der Waals surface area contributed by atoms with E-state index in [1.807, 2.05) is 19.1 Å². The zero-order valence-electron chi connectivity index (χ0n) is 18.5. The van der Waals surface area contributed by atoms with Crippen molar-refractivity contribution < 1.29 is 22.7 Å². The van der Waals surface area contributed by atoms with Gasteiger partial charge in [0.05, 0.1) is 24.8 Å². The van der Waals surface area contributed by atoms with Crippen LogP contribution in [0.1, 0.15) is 34.0 Å². The number of nitrogens with one attached hydrogen (secondary N) is 1. The molecular weight excluding hydrogens is 462 g/mol. The van der Waals surface area contributed by atoms with E-state index in [9.17, 15) is 13.2 Å². The second kappa shape index (κ2) is 10.6.